The van der Waals surface area contributed by atoms with Crippen LogP contribution in [0.5, 0.6) is 17.2 Å². The zero-order valence-corrected chi connectivity index (χ0v) is 15.2. The Morgan fingerprint density at radius 2 is 1.96 bits per heavy atom. The molecule has 3 aromatic rings. The Kier molecular flexibility index (Phi) is 4.24. The van der Waals surface area contributed by atoms with E-state index in [0.29, 0.717) is 12.1 Å². The zero-order chi connectivity index (χ0) is 19.0. The summed E-state index contributed by atoms with van der Waals surface area (Å²) in [6.45, 7) is 2.71. The number of hydrogen-bond acceptors (Lipinski definition) is 4. The Labute approximate surface area is 157 Å². The molecule has 0 radical (unpaired) electrons. The van der Waals surface area contributed by atoms with Gasteiger partial charge in [0.2, 0.25) is 6.79 Å². The molecule has 1 aliphatic heterocycles. The van der Waals surface area contributed by atoms with Gasteiger partial charge in [0.15, 0.2) is 11.5 Å². The van der Waals surface area contributed by atoms with Gasteiger partial charge >= 0.3 is 0 Å². The second-order valence-corrected chi connectivity index (χ2v) is 6.40. The van der Waals surface area contributed by atoms with E-state index in [1.165, 1.54) is 0 Å². The van der Waals surface area contributed by atoms with Crippen molar-refractivity contribution >= 4 is 5.91 Å². The average molecular weight is 364 g/mol. The number of nitrogens with zero attached hydrogens (tertiary/aromatic N) is 1. The molecule has 1 aromatic heterocycles. The average Bonchev–Trinajstić information content (AvgIpc) is 3.26. The summed E-state index contributed by atoms with van der Waals surface area (Å²) in [5, 5.41) is 0. The number of rotatable bonds is 5. The number of carbonyl (C=O) groups excluding carboxylic acids is 1. The Morgan fingerprint density at radius 3 is 2.74 bits per heavy atom. The predicted molar refractivity (Wildman–Crippen MR) is 101 cm³/mol. The third kappa shape index (κ3) is 3.10. The van der Waals surface area contributed by atoms with Crippen LogP contribution in [0, 0.1) is 6.92 Å². The van der Waals surface area contributed by atoms with Gasteiger partial charge < -0.3 is 24.5 Å². The van der Waals surface area contributed by atoms with Crippen molar-refractivity contribution in [3.8, 4) is 28.5 Å². The van der Waals surface area contributed by atoms with Crippen LogP contribution in [0.2, 0.25) is 0 Å². The molecule has 2 heterocycles. The maximum Gasteiger partial charge on any atom is 0.250 e. The molecule has 27 heavy (non-hydrogen) atoms. The Balaban J connectivity index is 1.79. The highest BCUT2D eigenvalue weighted by molar-refractivity contribution is 5.95. The minimum atomic E-state index is -0.443. The maximum absolute atomic E-state index is 11.9. The number of methoxy groups -OCH3 is 1. The fraction of sp³-hybridized carbons (Fsp3) is 0.190. The number of nitrogens with two attached hydrogens (primary N) is 1. The third-order valence-corrected chi connectivity index (χ3v) is 4.78. The number of ether oxygens (including phenoxy) is 3. The first-order chi connectivity index (χ1) is 13.1. The van der Waals surface area contributed by atoms with Crippen LogP contribution in [-0.4, -0.2) is 24.4 Å². The summed E-state index contributed by atoms with van der Waals surface area (Å²) in [6, 6.07) is 15.4. The molecule has 4 rings (SSSR count). The van der Waals surface area contributed by atoms with Gasteiger partial charge in [-0.3, -0.25) is 4.79 Å². The number of carbonyl (C=O) groups is 1. The lowest BCUT2D eigenvalue weighted by Gasteiger charge is -2.13. The molecule has 0 spiro atoms. The van der Waals surface area contributed by atoms with E-state index in [0.717, 1.165) is 39.8 Å². The first kappa shape index (κ1) is 17.0. The van der Waals surface area contributed by atoms with Gasteiger partial charge in [0.25, 0.3) is 5.91 Å². The van der Waals surface area contributed by atoms with Crippen molar-refractivity contribution in [3.05, 3.63) is 65.4 Å². The molecule has 0 fully saturated rings. The largest absolute Gasteiger partial charge is 0.497 e. The lowest BCUT2D eigenvalue weighted by Crippen LogP contribution is -2.12. The number of aromatic nitrogens is 1. The van der Waals surface area contributed by atoms with Crippen LogP contribution in [0.15, 0.2) is 48.5 Å². The fourth-order valence-corrected chi connectivity index (χ4v) is 3.34. The Bertz CT molecular complexity index is 1020. The smallest absolute Gasteiger partial charge is 0.250 e. The van der Waals surface area contributed by atoms with Crippen LogP contribution in [0.1, 0.15) is 21.6 Å². The van der Waals surface area contributed by atoms with Crippen molar-refractivity contribution in [2.45, 2.75) is 13.5 Å². The van der Waals surface area contributed by atoms with Crippen molar-refractivity contribution in [2.75, 3.05) is 13.9 Å². The molecule has 0 atom stereocenters. The first-order valence-electron chi connectivity index (χ1n) is 8.59. The lowest BCUT2D eigenvalue weighted by atomic mass is 10.1. The number of hydrogen-bond donors (Lipinski definition) is 1. The molecule has 138 valence electrons. The van der Waals surface area contributed by atoms with Crippen molar-refractivity contribution < 1.29 is 19.0 Å². The van der Waals surface area contributed by atoms with Crippen molar-refractivity contribution in [3.63, 3.8) is 0 Å². The van der Waals surface area contributed by atoms with Crippen molar-refractivity contribution in [1.82, 2.24) is 4.57 Å². The number of amides is 1. The highest BCUT2D eigenvalue weighted by atomic mass is 16.7. The Morgan fingerprint density at radius 1 is 1.15 bits per heavy atom. The van der Waals surface area contributed by atoms with Crippen LogP contribution in [0.25, 0.3) is 11.3 Å². The topological polar surface area (TPSA) is 75.7 Å². The van der Waals surface area contributed by atoms with Gasteiger partial charge in [0.1, 0.15) is 5.75 Å². The highest BCUT2D eigenvalue weighted by Gasteiger charge is 2.19. The lowest BCUT2D eigenvalue weighted by molar-refractivity contribution is 0.0999. The third-order valence-electron chi connectivity index (χ3n) is 4.78. The second-order valence-electron chi connectivity index (χ2n) is 6.40. The minimum Gasteiger partial charge on any atom is -0.497 e. The molecule has 6 heteroatoms. The van der Waals surface area contributed by atoms with Gasteiger partial charge in [-0.15, -0.1) is 0 Å². The summed E-state index contributed by atoms with van der Waals surface area (Å²) in [5.41, 5.74) is 9.80. The monoisotopic (exact) mass is 364 g/mol. The summed E-state index contributed by atoms with van der Waals surface area (Å²) < 4.78 is 18.3. The van der Waals surface area contributed by atoms with E-state index in [2.05, 4.69) is 4.57 Å². The van der Waals surface area contributed by atoms with E-state index in [4.69, 9.17) is 19.9 Å². The molecule has 2 aromatic carbocycles. The van der Waals surface area contributed by atoms with Gasteiger partial charge in [0.05, 0.1) is 12.7 Å². The molecule has 0 unspecified atom stereocenters. The van der Waals surface area contributed by atoms with Crippen molar-refractivity contribution in [2.24, 2.45) is 5.73 Å². The van der Waals surface area contributed by atoms with Gasteiger partial charge in [-0.05, 0) is 42.8 Å². The van der Waals surface area contributed by atoms with E-state index < -0.39 is 5.91 Å². The van der Waals surface area contributed by atoms with Crippen LogP contribution >= 0.6 is 0 Å². The summed E-state index contributed by atoms with van der Waals surface area (Å²) in [7, 11) is 1.63. The molecule has 1 amide bonds. The second kappa shape index (κ2) is 6.72. The normalized spacial score (nSPS) is 12.2. The molecular weight excluding hydrogens is 344 g/mol. The quantitative estimate of drug-likeness (QED) is 0.753. The number of benzene rings is 2. The molecule has 0 saturated heterocycles. The molecular formula is C21H20N2O4. The summed E-state index contributed by atoms with van der Waals surface area (Å²) >= 11 is 0. The summed E-state index contributed by atoms with van der Waals surface area (Å²) in [5.74, 6) is 1.78. The molecule has 0 saturated carbocycles. The van der Waals surface area contributed by atoms with E-state index in [1.807, 2.05) is 55.5 Å². The highest BCUT2D eigenvalue weighted by Crippen LogP contribution is 2.34. The zero-order valence-electron chi connectivity index (χ0n) is 15.2. The van der Waals surface area contributed by atoms with Crippen LogP contribution in [-0.2, 0) is 6.54 Å². The molecule has 1 aliphatic rings. The summed E-state index contributed by atoms with van der Waals surface area (Å²) in [4.78, 5) is 11.9. The predicted octanol–water partition coefficient (Wildman–Crippen LogP) is 3.35. The van der Waals surface area contributed by atoms with E-state index in [9.17, 15) is 4.79 Å². The maximum atomic E-state index is 11.9. The van der Waals surface area contributed by atoms with Gasteiger partial charge in [-0.25, -0.2) is 0 Å². The molecule has 0 bridgehead atoms. The van der Waals surface area contributed by atoms with Gasteiger partial charge in [0, 0.05) is 23.5 Å². The Hall–Kier alpha value is -3.41. The van der Waals surface area contributed by atoms with Gasteiger partial charge in [-0.1, -0.05) is 18.2 Å². The van der Waals surface area contributed by atoms with Crippen LogP contribution < -0.4 is 19.9 Å². The number of primary amides is 1. The molecule has 0 aliphatic carbocycles. The molecule has 6 nitrogen and oxygen atoms in total. The van der Waals surface area contributed by atoms with Crippen molar-refractivity contribution in [1.29, 1.82) is 0 Å². The first-order valence-corrected chi connectivity index (χ1v) is 8.59. The SMILES string of the molecule is COc1cccc(-c2cc(C(N)=O)c(C)n2Cc2ccc3c(c2)OCO3)c1. The van der Waals surface area contributed by atoms with Gasteiger partial charge in [-0.2, -0.15) is 0 Å². The standard InChI is InChI=1S/C21H20N2O4/c1-13-17(21(22)24)10-18(15-4-3-5-16(9-15)25-2)23(13)11-14-6-7-19-20(8-14)27-12-26-19/h3-10H,11-12H2,1-2H3,(H2,22,24). The van der Waals surface area contributed by atoms with E-state index in [1.54, 1.807) is 7.11 Å². The molecule has 2 N–H and O–H groups in total. The van der Waals surface area contributed by atoms with Crippen LogP contribution in [0.4, 0.5) is 0 Å². The number of fused-ring (bicyclic) bond motifs is 1. The minimum absolute atomic E-state index is 0.238. The van der Waals surface area contributed by atoms with E-state index in [-0.39, 0.29) is 6.79 Å². The van der Waals surface area contributed by atoms with E-state index >= 15 is 0 Å². The van der Waals surface area contributed by atoms with Crippen LogP contribution in [0.3, 0.4) is 0 Å². The summed E-state index contributed by atoms with van der Waals surface area (Å²) in [6.07, 6.45) is 0. The fourth-order valence-electron chi connectivity index (χ4n) is 3.34.